The van der Waals surface area contributed by atoms with Crippen LogP contribution in [0.3, 0.4) is 0 Å². The minimum absolute atomic E-state index is 0.00692. The second-order valence-electron chi connectivity index (χ2n) is 9.02. The first-order valence-corrected chi connectivity index (χ1v) is 12.6. The largest absolute Gasteiger partial charge is 0.573 e. The van der Waals surface area contributed by atoms with E-state index in [1.165, 1.54) is 29.1 Å². The van der Waals surface area contributed by atoms with Gasteiger partial charge in [-0.15, -0.1) is 23.4 Å². The number of carbonyl (C=O) groups excluding carboxylic acids is 2. The number of amides is 2. The van der Waals surface area contributed by atoms with E-state index in [1.54, 1.807) is 16.9 Å². The highest BCUT2D eigenvalue weighted by atomic mass is 19.4. The van der Waals surface area contributed by atoms with Crippen LogP contribution in [0.25, 0.3) is 0 Å². The van der Waals surface area contributed by atoms with Crippen molar-refractivity contribution in [3.8, 4) is 5.75 Å². The second-order valence-corrected chi connectivity index (χ2v) is 9.02. The summed E-state index contributed by atoms with van der Waals surface area (Å²) >= 11 is 0. The van der Waals surface area contributed by atoms with Gasteiger partial charge in [0.15, 0.2) is 11.4 Å². The molecule has 12 nitrogen and oxygen atoms in total. The number of unbranched alkanes of at least 4 members (excludes halogenated alkanes) is 1. The predicted molar refractivity (Wildman–Crippen MR) is 129 cm³/mol. The SMILES string of the molecule is O=C(NCc1cccc(OC(F)(F)F)c1)c1cn(CCCCn2cc(C(=O)NCC3CCCCO3)nn2)nn1. The molecule has 3 heterocycles. The van der Waals surface area contributed by atoms with Gasteiger partial charge >= 0.3 is 6.36 Å². The molecule has 1 unspecified atom stereocenters. The van der Waals surface area contributed by atoms with Crippen molar-refractivity contribution in [3.05, 3.63) is 53.6 Å². The number of hydrogen-bond acceptors (Lipinski definition) is 8. The van der Waals surface area contributed by atoms with Gasteiger partial charge in [-0.1, -0.05) is 22.6 Å². The third-order valence-corrected chi connectivity index (χ3v) is 5.92. The van der Waals surface area contributed by atoms with Gasteiger partial charge in [0.05, 0.1) is 18.5 Å². The van der Waals surface area contributed by atoms with Crippen LogP contribution in [0.15, 0.2) is 36.7 Å². The molecular weight excluding hydrogens is 521 g/mol. The smallest absolute Gasteiger partial charge is 0.406 e. The fourth-order valence-corrected chi connectivity index (χ4v) is 3.96. The highest BCUT2D eigenvalue weighted by Crippen LogP contribution is 2.23. The Morgan fingerprint density at radius 3 is 2.28 bits per heavy atom. The summed E-state index contributed by atoms with van der Waals surface area (Å²) in [6, 6.07) is 5.35. The van der Waals surface area contributed by atoms with E-state index in [2.05, 4.69) is 36.0 Å². The average molecular weight is 551 g/mol. The molecule has 0 aliphatic carbocycles. The number of aryl methyl sites for hydroxylation is 2. The van der Waals surface area contributed by atoms with Gasteiger partial charge < -0.3 is 20.1 Å². The minimum atomic E-state index is -4.79. The van der Waals surface area contributed by atoms with E-state index in [0.717, 1.165) is 32.3 Å². The zero-order valence-corrected chi connectivity index (χ0v) is 21.1. The highest BCUT2D eigenvalue weighted by molar-refractivity contribution is 5.92. The number of carbonyl (C=O) groups is 2. The van der Waals surface area contributed by atoms with E-state index in [0.29, 0.717) is 31.6 Å². The summed E-state index contributed by atoms with van der Waals surface area (Å²) in [6.07, 6.45) is 2.85. The van der Waals surface area contributed by atoms with Gasteiger partial charge in [0.2, 0.25) is 0 Å². The van der Waals surface area contributed by atoms with Gasteiger partial charge in [-0.05, 0) is 49.8 Å². The first-order valence-electron chi connectivity index (χ1n) is 12.6. The van der Waals surface area contributed by atoms with Gasteiger partial charge in [-0.25, -0.2) is 0 Å². The molecule has 39 heavy (non-hydrogen) atoms. The molecule has 15 heteroatoms. The Morgan fingerprint density at radius 1 is 1.00 bits per heavy atom. The van der Waals surface area contributed by atoms with Gasteiger partial charge in [0.1, 0.15) is 5.75 Å². The molecule has 3 aromatic rings. The molecule has 210 valence electrons. The van der Waals surface area contributed by atoms with Crippen LogP contribution in [0, 0.1) is 0 Å². The molecule has 4 rings (SSSR count). The standard InChI is InChI=1S/C24H29F3N8O4/c25-24(26,27)39-18-8-5-6-17(12-18)13-28-22(36)20-15-34(32-30-20)9-2-3-10-35-16-21(31-33-35)23(37)29-14-19-7-1-4-11-38-19/h5-6,8,12,15-16,19H,1-4,7,9-11,13-14H2,(H,28,36)(H,29,37). The van der Waals surface area contributed by atoms with Crippen molar-refractivity contribution in [1.82, 2.24) is 40.6 Å². The zero-order valence-electron chi connectivity index (χ0n) is 21.1. The second kappa shape index (κ2) is 13.2. The zero-order chi connectivity index (χ0) is 27.7. The molecule has 0 spiro atoms. The molecule has 1 saturated heterocycles. The van der Waals surface area contributed by atoms with Crippen molar-refractivity contribution in [2.45, 2.75) is 64.2 Å². The Balaban J connectivity index is 1.15. The van der Waals surface area contributed by atoms with Crippen LogP contribution in [0.2, 0.25) is 0 Å². The summed E-state index contributed by atoms with van der Waals surface area (Å²) in [5.74, 6) is -1.16. The fraction of sp³-hybridized carbons (Fsp3) is 0.500. The number of halogens is 3. The number of nitrogens with one attached hydrogen (secondary N) is 2. The number of alkyl halides is 3. The average Bonchev–Trinajstić information content (AvgIpc) is 3.58. The van der Waals surface area contributed by atoms with E-state index >= 15 is 0 Å². The molecule has 0 bridgehead atoms. The third kappa shape index (κ3) is 9.05. The van der Waals surface area contributed by atoms with Crippen LogP contribution in [-0.2, 0) is 24.4 Å². The highest BCUT2D eigenvalue weighted by Gasteiger charge is 2.31. The van der Waals surface area contributed by atoms with Gasteiger partial charge in [-0.2, -0.15) is 0 Å². The summed E-state index contributed by atoms with van der Waals surface area (Å²) in [4.78, 5) is 24.6. The monoisotopic (exact) mass is 550 g/mol. The molecule has 2 amide bonds. The summed E-state index contributed by atoms with van der Waals surface area (Å²) in [5, 5.41) is 21.1. The van der Waals surface area contributed by atoms with Crippen LogP contribution in [0.4, 0.5) is 13.2 Å². The Morgan fingerprint density at radius 2 is 1.67 bits per heavy atom. The maximum Gasteiger partial charge on any atom is 0.573 e. The normalized spacial score (nSPS) is 15.6. The van der Waals surface area contributed by atoms with Crippen molar-refractivity contribution < 1.29 is 32.2 Å². The van der Waals surface area contributed by atoms with Crippen molar-refractivity contribution in [2.75, 3.05) is 13.2 Å². The number of ether oxygens (including phenoxy) is 2. The van der Waals surface area contributed by atoms with E-state index < -0.39 is 12.3 Å². The van der Waals surface area contributed by atoms with Crippen LogP contribution >= 0.6 is 0 Å². The lowest BCUT2D eigenvalue weighted by molar-refractivity contribution is -0.274. The molecule has 1 aliphatic rings. The van der Waals surface area contributed by atoms with E-state index in [-0.39, 0.29) is 35.7 Å². The summed E-state index contributed by atoms with van der Waals surface area (Å²) < 4.78 is 49.8. The topological polar surface area (TPSA) is 138 Å². The molecule has 0 saturated carbocycles. The third-order valence-electron chi connectivity index (χ3n) is 5.92. The molecular formula is C24H29F3N8O4. The summed E-state index contributed by atoms with van der Waals surface area (Å²) in [7, 11) is 0. The molecule has 1 aromatic carbocycles. The maximum atomic E-state index is 12.4. The van der Waals surface area contributed by atoms with Crippen molar-refractivity contribution in [1.29, 1.82) is 0 Å². The summed E-state index contributed by atoms with van der Waals surface area (Å²) in [6.45, 7) is 2.22. The molecule has 2 aromatic heterocycles. The van der Waals surface area contributed by atoms with E-state index in [4.69, 9.17) is 4.74 Å². The van der Waals surface area contributed by atoms with Crippen LogP contribution in [-0.4, -0.2) is 67.4 Å². The van der Waals surface area contributed by atoms with Crippen LogP contribution < -0.4 is 15.4 Å². The van der Waals surface area contributed by atoms with Crippen LogP contribution in [0.5, 0.6) is 5.75 Å². The lowest BCUT2D eigenvalue weighted by atomic mass is 10.1. The Hall–Kier alpha value is -4.01. The Kier molecular flexibility index (Phi) is 9.46. The quantitative estimate of drug-likeness (QED) is 0.328. The number of rotatable bonds is 12. The lowest BCUT2D eigenvalue weighted by Gasteiger charge is -2.22. The lowest BCUT2D eigenvalue weighted by Crippen LogP contribution is -2.35. The van der Waals surface area contributed by atoms with Gasteiger partial charge in [0.25, 0.3) is 11.8 Å². The Labute approximate surface area is 221 Å². The first kappa shape index (κ1) is 28.0. The minimum Gasteiger partial charge on any atom is -0.406 e. The molecule has 2 N–H and O–H groups in total. The molecule has 0 radical (unpaired) electrons. The van der Waals surface area contributed by atoms with Crippen molar-refractivity contribution in [3.63, 3.8) is 0 Å². The number of aromatic nitrogens is 6. The van der Waals surface area contributed by atoms with Crippen molar-refractivity contribution in [2.24, 2.45) is 0 Å². The molecule has 1 aliphatic heterocycles. The molecule has 1 atom stereocenters. The fourth-order valence-electron chi connectivity index (χ4n) is 3.96. The van der Waals surface area contributed by atoms with E-state index in [9.17, 15) is 22.8 Å². The number of benzene rings is 1. The van der Waals surface area contributed by atoms with Crippen LogP contribution in [0.1, 0.15) is 58.6 Å². The first-order chi connectivity index (χ1) is 18.7. The van der Waals surface area contributed by atoms with Crippen molar-refractivity contribution >= 4 is 11.8 Å². The summed E-state index contributed by atoms with van der Waals surface area (Å²) in [5.41, 5.74) is 0.769. The van der Waals surface area contributed by atoms with Gasteiger partial charge in [-0.3, -0.25) is 19.0 Å². The maximum absolute atomic E-state index is 12.4. The number of nitrogens with zero attached hydrogens (tertiary/aromatic N) is 6. The van der Waals surface area contributed by atoms with E-state index in [1.807, 2.05) is 0 Å². The number of hydrogen-bond donors (Lipinski definition) is 2. The predicted octanol–water partition coefficient (Wildman–Crippen LogP) is 2.48. The van der Waals surface area contributed by atoms with Gasteiger partial charge in [0, 0.05) is 32.8 Å². The Bertz CT molecular complexity index is 1240. The molecule has 1 fully saturated rings.